The van der Waals surface area contributed by atoms with Crippen LogP contribution in [0.2, 0.25) is 0 Å². The molecule has 0 spiro atoms. The third kappa shape index (κ3) is 2.27. The second-order valence-corrected chi connectivity index (χ2v) is 4.38. The summed E-state index contributed by atoms with van der Waals surface area (Å²) in [4.78, 5) is 1.14. The quantitative estimate of drug-likeness (QED) is 0.593. The van der Waals surface area contributed by atoms with E-state index in [1.54, 1.807) is 11.8 Å². The van der Waals surface area contributed by atoms with Gasteiger partial charge in [0.25, 0.3) is 0 Å². The first kappa shape index (κ1) is 10.4. The topological polar surface area (TPSA) is 0 Å². The molecule has 0 bridgehead atoms. The Hall–Kier alpha value is -1.15. The van der Waals surface area contributed by atoms with Crippen molar-refractivity contribution in [3.8, 4) is 0 Å². The number of hydrogen-bond donors (Lipinski definition) is 0. The van der Waals surface area contributed by atoms with Crippen LogP contribution in [0.1, 0.15) is 5.56 Å². The van der Waals surface area contributed by atoms with Crippen LogP contribution in [0, 0.1) is 0 Å². The van der Waals surface area contributed by atoms with Gasteiger partial charge in [0.05, 0.1) is 0 Å². The van der Waals surface area contributed by atoms with Crippen molar-refractivity contribution >= 4 is 30.6 Å². The average molecular weight is 210 g/mol. The summed E-state index contributed by atoms with van der Waals surface area (Å²) in [5, 5.41) is 0. The van der Waals surface area contributed by atoms with Crippen LogP contribution in [0.5, 0.6) is 0 Å². The SMILES string of the molecule is [B]c1cccc2c1SC/C=C\C=C/C2=C. The Balaban J connectivity index is 2.53. The lowest BCUT2D eigenvalue weighted by atomic mass is 9.92. The van der Waals surface area contributed by atoms with Gasteiger partial charge >= 0.3 is 0 Å². The van der Waals surface area contributed by atoms with E-state index in [1.165, 1.54) is 0 Å². The van der Waals surface area contributed by atoms with Crippen molar-refractivity contribution in [3.63, 3.8) is 0 Å². The van der Waals surface area contributed by atoms with Gasteiger partial charge in [-0.25, -0.2) is 0 Å². The first-order valence-electron chi connectivity index (χ1n) is 4.83. The van der Waals surface area contributed by atoms with Crippen molar-refractivity contribution < 1.29 is 0 Å². The molecule has 0 nitrogen and oxygen atoms in total. The third-order valence-corrected chi connectivity index (χ3v) is 3.36. The van der Waals surface area contributed by atoms with Crippen LogP contribution >= 0.6 is 11.8 Å². The van der Waals surface area contributed by atoms with E-state index in [0.717, 1.165) is 27.2 Å². The van der Waals surface area contributed by atoms with Crippen LogP contribution in [-0.2, 0) is 0 Å². The maximum Gasteiger partial charge on any atom is 0.115 e. The molecule has 0 saturated carbocycles. The van der Waals surface area contributed by atoms with E-state index in [1.807, 2.05) is 30.4 Å². The standard InChI is InChI=1S/C13H11BS/c1-10-6-3-2-4-9-15-13-11(10)7-5-8-12(13)14/h2-8H,1,9H2/b4-2-,6-3-. The van der Waals surface area contributed by atoms with Gasteiger partial charge < -0.3 is 0 Å². The summed E-state index contributed by atoms with van der Waals surface area (Å²) in [6.45, 7) is 4.05. The maximum atomic E-state index is 5.96. The molecule has 0 aliphatic carbocycles. The normalized spacial score (nSPS) is 19.6. The van der Waals surface area contributed by atoms with E-state index in [4.69, 9.17) is 7.85 Å². The highest BCUT2D eigenvalue weighted by molar-refractivity contribution is 7.99. The van der Waals surface area contributed by atoms with Gasteiger partial charge in [-0.1, -0.05) is 54.5 Å². The first-order chi connectivity index (χ1) is 7.29. The van der Waals surface area contributed by atoms with E-state index in [2.05, 4.69) is 18.7 Å². The molecule has 0 saturated heterocycles. The van der Waals surface area contributed by atoms with Crippen molar-refractivity contribution in [1.29, 1.82) is 0 Å². The first-order valence-corrected chi connectivity index (χ1v) is 5.81. The summed E-state index contributed by atoms with van der Waals surface area (Å²) in [5.41, 5.74) is 2.98. The Kier molecular flexibility index (Phi) is 3.17. The van der Waals surface area contributed by atoms with Crippen LogP contribution in [0.3, 0.4) is 0 Å². The molecule has 0 unspecified atom stereocenters. The lowest BCUT2D eigenvalue weighted by molar-refractivity contribution is 1.45. The van der Waals surface area contributed by atoms with Crippen molar-refractivity contribution in [2.24, 2.45) is 0 Å². The van der Waals surface area contributed by atoms with Gasteiger partial charge in [0.1, 0.15) is 7.85 Å². The fourth-order valence-corrected chi connectivity index (χ4v) is 2.46. The Bertz CT molecular complexity index is 444. The molecule has 1 aromatic carbocycles. The number of rotatable bonds is 0. The minimum absolute atomic E-state index is 0.836. The molecular weight excluding hydrogens is 199 g/mol. The van der Waals surface area contributed by atoms with Crippen LogP contribution < -0.4 is 5.46 Å². The summed E-state index contributed by atoms with van der Waals surface area (Å²) < 4.78 is 0. The van der Waals surface area contributed by atoms with Crippen molar-refractivity contribution in [2.45, 2.75) is 4.90 Å². The average Bonchev–Trinajstić information content (AvgIpc) is 2.32. The van der Waals surface area contributed by atoms with Gasteiger partial charge in [0.15, 0.2) is 0 Å². The molecule has 0 fully saturated rings. The minimum atomic E-state index is 0.836. The number of fused-ring (bicyclic) bond motifs is 1. The number of hydrogen-bond acceptors (Lipinski definition) is 1. The van der Waals surface area contributed by atoms with Gasteiger partial charge in [0.2, 0.25) is 0 Å². The molecule has 2 rings (SSSR count). The smallest absolute Gasteiger partial charge is 0.115 e. The highest BCUT2D eigenvalue weighted by atomic mass is 32.2. The zero-order valence-electron chi connectivity index (χ0n) is 8.44. The molecule has 0 aromatic heterocycles. The van der Waals surface area contributed by atoms with Crippen molar-refractivity contribution in [1.82, 2.24) is 0 Å². The molecule has 0 amide bonds. The van der Waals surface area contributed by atoms with Gasteiger partial charge in [0, 0.05) is 10.6 Å². The zero-order chi connectivity index (χ0) is 10.7. The van der Waals surface area contributed by atoms with E-state index >= 15 is 0 Å². The molecule has 72 valence electrons. The molecule has 1 aliphatic heterocycles. The van der Waals surface area contributed by atoms with E-state index in [0.29, 0.717) is 0 Å². The monoisotopic (exact) mass is 210 g/mol. The summed E-state index contributed by atoms with van der Waals surface area (Å²) in [6.07, 6.45) is 8.19. The summed E-state index contributed by atoms with van der Waals surface area (Å²) in [5.74, 6) is 0.943. The Morgan fingerprint density at radius 2 is 2.13 bits per heavy atom. The summed E-state index contributed by atoms with van der Waals surface area (Å²) >= 11 is 1.75. The summed E-state index contributed by atoms with van der Waals surface area (Å²) in [6, 6.07) is 5.97. The Morgan fingerprint density at radius 3 is 3.00 bits per heavy atom. The Labute approximate surface area is 96.2 Å². The maximum absolute atomic E-state index is 5.96. The van der Waals surface area contributed by atoms with Crippen LogP contribution in [0.25, 0.3) is 5.57 Å². The predicted molar refractivity (Wildman–Crippen MR) is 69.9 cm³/mol. The van der Waals surface area contributed by atoms with Crippen LogP contribution in [0.15, 0.2) is 54.0 Å². The lowest BCUT2D eigenvalue weighted by Gasteiger charge is -2.11. The van der Waals surface area contributed by atoms with E-state index < -0.39 is 0 Å². The lowest BCUT2D eigenvalue weighted by Crippen LogP contribution is -2.08. The van der Waals surface area contributed by atoms with Crippen molar-refractivity contribution in [2.75, 3.05) is 5.75 Å². The number of allylic oxidation sites excluding steroid dienone is 4. The molecule has 0 atom stereocenters. The Morgan fingerprint density at radius 1 is 1.27 bits per heavy atom. The van der Waals surface area contributed by atoms with Crippen molar-refractivity contribution in [3.05, 3.63) is 54.6 Å². The minimum Gasteiger partial charge on any atom is -0.122 e. The fourth-order valence-electron chi connectivity index (χ4n) is 1.50. The number of benzene rings is 1. The largest absolute Gasteiger partial charge is 0.122 e. The molecule has 15 heavy (non-hydrogen) atoms. The van der Waals surface area contributed by atoms with Gasteiger partial charge in [-0.15, -0.1) is 11.8 Å². The molecule has 2 heteroatoms. The fraction of sp³-hybridized carbons (Fsp3) is 0.0769. The second-order valence-electron chi connectivity index (χ2n) is 3.35. The molecule has 1 aliphatic rings. The van der Waals surface area contributed by atoms with Crippen LogP contribution in [-0.4, -0.2) is 13.6 Å². The van der Waals surface area contributed by atoms with E-state index in [9.17, 15) is 0 Å². The highest BCUT2D eigenvalue weighted by Gasteiger charge is 2.07. The molecule has 2 radical (unpaired) electrons. The zero-order valence-corrected chi connectivity index (χ0v) is 9.26. The summed E-state index contributed by atoms with van der Waals surface area (Å²) in [7, 11) is 5.96. The van der Waals surface area contributed by atoms with Crippen LogP contribution in [0.4, 0.5) is 0 Å². The van der Waals surface area contributed by atoms with Gasteiger partial charge in [-0.05, 0) is 11.1 Å². The van der Waals surface area contributed by atoms with E-state index in [-0.39, 0.29) is 0 Å². The molecule has 1 aromatic rings. The molecule has 0 N–H and O–H groups in total. The highest BCUT2D eigenvalue weighted by Crippen LogP contribution is 2.27. The van der Waals surface area contributed by atoms with Gasteiger partial charge in [-0.2, -0.15) is 0 Å². The predicted octanol–water partition coefficient (Wildman–Crippen LogP) is 2.71. The number of thioether (sulfide) groups is 1. The molecule has 1 heterocycles. The van der Waals surface area contributed by atoms with Gasteiger partial charge in [-0.3, -0.25) is 0 Å². The third-order valence-electron chi connectivity index (χ3n) is 2.26. The second kappa shape index (κ2) is 4.58. The molecular formula is C13H11BS.